The van der Waals surface area contributed by atoms with Crippen LogP contribution in [0.1, 0.15) is 188 Å². The lowest BCUT2D eigenvalue weighted by molar-refractivity contribution is -0.386. The highest BCUT2D eigenvalue weighted by Crippen LogP contribution is 2.38. The van der Waals surface area contributed by atoms with Gasteiger partial charge in [-0.3, -0.25) is 9.59 Å². The highest BCUT2D eigenvalue weighted by atomic mass is 16.8. The molecule has 0 aromatic carbocycles. The summed E-state index contributed by atoms with van der Waals surface area (Å²) >= 11 is 0. The second kappa shape index (κ2) is 40.5. The standard InChI is InChI=1S/C58H104N2O21/c1-4-6-8-10-12-14-16-18-19-20-21-23-25-27-29-31-40(65)39(60-45(68)32-30-28-26-24-22-17-15-13-11-9-7-5-2)37-76-55-50(72)49(71)52(44(36-63)78-55)79-56-51(73)54(48(70)43(35-62)77-56)81-58(57(74)75)33-41(66)46(59-38(3)64)53(80-58)47(69)42(67)34-61/h13,15,29,31,39-44,46-56,61-63,65-67,69-73H,4-12,14,16-28,30,32-37H2,1-3H3,(H,59,64)(H,60,68)(H,74,75)/b15-13-,31-29+. The van der Waals surface area contributed by atoms with E-state index in [0.717, 1.165) is 64.7 Å². The normalized spacial score (nSPS) is 30.6. The van der Waals surface area contributed by atoms with Crippen LogP contribution in [0.5, 0.6) is 0 Å². The number of aliphatic hydroxyl groups excluding tert-OH is 11. The number of hydrogen-bond donors (Lipinski definition) is 14. The van der Waals surface area contributed by atoms with E-state index >= 15 is 0 Å². The maximum atomic E-state index is 13.3. The quantitative estimate of drug-likeness (QED) is 0.0308. The molecular formula is C58H104N2O21. The molecule has 2 amide bonds. The number of rotatable bonds is 43. The predicted octanol–water partition coefficient (Wildman–Crippen LogP) is 2.55. The van der Waals surface area contributed by atoms with Crippen molar-refractivity contribution in [3.05, 3.63) is 24.3 Å². The van der Waals surface area contributed by atoms with Crippen molar-refractivity contribution < 1.29 is 104 Å². The summed E-state index contributed by atoms with van der Waals surface area (Å²) in [6.07, 6.45) is 5.36. The molecule has 14 N–H and O–H groups in total. The summed E-state index contributed by atoms with van der Waals surface area (Å²) in [6, 6.07) is -2.62. The van der Waals surface area contributed by atoms with E-state index in [1.807, 2.05) is 6.08 Å². The monoisotopic (exact) mass is 1160 g/mol. The Labute approximate surface area is 479 Å². The molecule has 3 heterocycles. The molecule has 3 rings (SSSR count). The average molecular weight is 1170 g/mol. The van der Waals surface area contributed by atoms with Crippen LogP contribution in [0.4, 0.5) is 0 Å². The highest BCUT2D eigenvalue weighted by Gasteiger charge is 2.60. The van der Waals surface area contributed by atoms with Crippen molar-refractivity contribution in [3.63, 3.8) is 0 Å². The lowest BCUT2D eigenvalue weighted by Crippen LogP contribution is -2.70. The Bertz CT molecular complexity index is 1770. The van der Waals surface area contributed by atoms with Gasteiger partial charge in [-0.05, 0) is 44.9 Å². The van der Waals surface area contributed by atoms with E-state index < -0.39 is 155 Å². The minimum Gasteiger partial charge on any atom is -0.477 e. The Kier molecular flexibility index (Phi) is 36.2. The van der Waals surface area contributed by atoms with E-state index in [9.17, 15) is 75.7 Å². The van der Waals surface area contributed by atoms with Crippen molar-refractivity contribution in [2.45, 2.75) is 298 Å². The fraction of sp³-hybridized carbons (Fsp3) is 0.879. The molecule has 0 bridgehead atoms. The number of carboxylic acid groups (broad SMARTS) is 1. The van der Waals surface area contributed by atoms with Gasteiger partial charge < -0.3 is 100 Å². The number of carboxylic acids is 1. The summed E-state index contributed by atoms with van der Waals surface area (Å²) in [5.41, 5.74) is 0. The van der Waals surface area contributed by atoms with Crippen LogP contribution in [0.2, 0.25) is 0 Å². The topological polar surface area (TPSA) is 373 Å². The molecule has 472 valence electrons. The maximum Gasteiger partial charge on any atom is 0.364 e. The second-order valence-corrected chi connectivity index (χ2v) is 22.2. The van der Waals surface area contributed by atoms with Gasteiger partial charge in [-0.2, -0.15) is 0 Å². The van der Waals surface area contributed by atoms with Gasteiger partial charge >= 0.3 is 5.97 Å². The van der Waals surface area contributed by atoms with Gasteiger partial charge in [0.15, 0.2) is 12.6 Å². The summed E-state index contributed by atoms with van der Waals surface area (Å²) in [5.74, 6) is -6.16. The zero-order chi connectivity index (χ0) is 59.7. The van der Waals surface area contributed by atoms with Crippen molar-refractivity contribution >= 4 is 17.8 Å². The van der Waals surface area contributed by atoms with Gasteiger partial charge in [0.1, 0.15) is 67.1 Å². The van der Waals surface area contributed by atoms with Gasteiger partial charge in [0.25, 0.3) is 5.79 Å². The van der Waals surface area contributed by atoms with E-state index in [0.29, 0.717) is 12.8 Å². The van der Waals surface area contributed by atoms with Crippen LogP contribution >= 0.6 is 0 Å². The van der Waals surface area contributed by atoms with E-state index in [1.54, 1.807) is 6.08 Å². The number of ether oxygens (including phenoxy) is 6. The van der Waals surface area contributed by atoms with Gasteiger partial charge in [-0.25, -0.2) is 4.79 Å². The summed E-state index contributed by atoms with van der Waals surface area (Å²) in [5, 5.41) is 135. The van der Waals surface area contributed by atoms with Gasteiger partial charge in [-0.1, -0.05) is 147 Å². The highest BCUT2D eigenvalue weighted by molar-refractivity contribution is 5.77. The van der Waals surface area contributed by atoms with E-state index in [4.69, 9.17) is 28.4 Å². The fourth-order valence-electron chi connectivity index (χ4n) is 10.5. The Balaban J connectivity index is 1.68. The second-order valence-electron chi connectivity index (χ2n) is 22.2. The Morgan fingerprint density at radius 3 is 1.70 bits per heavy atom. The molecule has 3 fully saturated rings. The molecule has 23 heteroatoms. The van der Waals surface area contributed by atoms with Gasteiger partial charge in [0.05, 0.1) is 50.7 Å². The minimum atomic E-state index is -3.08. The largest absolute Gasteiger partial charge is 0.477 e. The SMILES string of the molecule is CCCCC/C=C\CCCCCCCC(=O)NC(COC1OC(CO)C(OC2OC(CO)C(O)C(OC3(C(=O)O)CC(O)C(NC(C)=O)C(C(O)C(O)CO)O3)C2O)C(O)C1O)C(O)/C=C/CCCCCCCCCCCCCCC. The number of unbranched alkanes of at least 4 members (excludes halogenated alkanes) is 21. The molecule has 3 saturated heterocycles. The number of carbonyl (C=O) groups is 3. The number of aliphatic hydroxyl groups is 11. The van der Waals surface area contributed by atoms with Gasteiger partial charge in [-0.15, -0.1) is 0 Å². The van der Waals surface area contributed by atoms with Crippen molar-refractivity contribution in [1.82, 2.24) is 10.6 Å². The first kappa shape index (κ1) is 72.5. The van der Waals surface area contributed by atoms with Crippen LogP contribution in [-0.4, -0.2) is 215 Å². The first-order valence-corrected chi connectivity index (χ1v) is 30.2. The number of amides is 2. The molecule has 81 heavy (non-hydrogen) atoms. The number of hydrogen-bond acceptors (Lipinski definition) is 20. The summed E-state index contributed by atoms with van der Waals surface area (Å²) in [7, 11) is 0. The molecule has 3 aliphatic rings. The smallest absolute Gasteiger partial charge is 0.364 e. The molecular weight excluding hydrogens is 1060 g/mol. The third-order valence-electron chi connectivity index (χ3n) is 15.4. The minimum absolute atomic E-state index is 0.189. The maximum absolute atomic E-state index is 13.3. The number of aliphatic carboxylic acids is 1. The summed E-state index contributed by atoms with van der Waals surface area (Å²) in [6.45, 7) is 2.05. The molecule has 18 unspecified atom stereocenters. The first-order chi connectivity index (χ1) is 38.9. The molecule has 0 radical (unpaired) electrons. The van der Waals surface area contributed by atoms with Crippen LogP contribution in [0.15, 0.2) is 24.3 Å². The van der Waals surface area contributed by atoms with Crippen molar-refractivity contribution in [2.24, 2.45) is 0 Å². The van der Waals surface area contributed by atoms with Crippen LogP contribution in [0, 0.1) is 0 Å². The van der Waals surface area contributed by atoms with Crippen LogP contribution < -0.4 is 10.6 Å². The molecule has 0 aliphatic carbocycles. The van der Waals surface area contributed by atoms with E-state index in [1.165, 1.54) is 83.5 Å². The van der Waals surface area contributed by atoms with Crippen LogP contribution in [-0.2, 0) is 42.8 Å². The zero-order valence-electron chi connectivity index (χ0n) is 48.4. The molecule has 0 spiro atoms. The first-order valence-electron chi connectivity index (χ1n) is 30.2. The third kappa shape index (κ3) is 25.0. The molecule has 0 aromatic heterocycles. The van der Waals surface area contributed by atoms with E-state index in [-0.39, 0.29) is 12.3 Å². The fourth-order valence-corrected chi connectivity index (χ4v) is 10.5. The lowest BCUT2D eigenvalue weighted by atomic mass is 9.88. The average Bonchev–Trinajstić information content (AvgIpc) is 3.61. The van der Waals surface area contributed by atoms with Crippen LogP contribution in [0.25, 0.3) is 0 Å². The number of carbonyl (C=O) groups excluding carboxylic acids is 2. The van der Waals surface area contributed by atoms with Gasteiger partial charge in [0.2, 0.25) is 11.8 Å². The van der Waals surface area contributed by atoms with Crippen LogP contribution in [0.3, 0.4) is 0 Å². The van der Waals surface area contributed by atoms with Crippen molar-refractivity contribution in [2.75, 3.05) is 26.4 Å². The summed E-state index contributed by atoms with van der Waals surface area (Å²) in [4.78, 5) is 38.3. The Morgan fingerprint density at radius 2 is 1.16 bits per heavy atom. The molecule has 0 aromatic rings. The van der Waals surface area contributed by atoms with Gasteiger partial charge in [0, 0.05) is 19.8 Å². The van der Waals surface area contributed by atoms with E-state index in [2.05, 4.69) is 36.6 Å². The molecule has 3 aliphatic heterocycles. The molecule has 0 saturated carbocycles. The molecule has 23 nitrogen and oxygen atoms in total. The van der Waals surface area contributed by atoms with Crippen molar-refractivity contribution in [1.29, 1.82) is 0 Å². The predicted molar refractivity (Wildman–Crippen MR) is 297 cm³/mol. The third-order valence-corrected chi connectivity index (χ3v) is 15.4. The van der Waals surface area contributed by atoms with Crippen molar-refractivity contribution in [3.8, 4) is 0 Å². The lowest BCUT2D eigenvalue weighted by Gasteiger charge is -2.50. The number of allylic oxidation sites excluding steroid dienone is 3. The Hall–Kier alpha value is -2.79. The zero-order valence-corrected chi connectivity index (χ0v) is 48.4. The number of nitrogens with one attached hydrogen (secondary N) is 2. The summed E-state index contributed by atoms with van der Waals surface area (Å²) < 4.78 is 34.6. The molecule has 18 atom stereocenters. The Morgan fingerprint density at radius 1 is 0.642 bits per heavy atom.